The molecule has 0 unspecified atom stereocenters. The van der Waals surface area contributed by atoms with E-state index in [1.165, 1.54) is 0 Å². The fraction of sp³-hybridized carbons (Fsp3) is 0.333. The number of aromatic hydroxyl groups is 1. The standard InChI is InChI=1S/C18H20I3O5P/c1-3-24-27(23,25-4-2)8-7-12-9-14(20)18(15(21)10-12)26-17-6-5-13(19)11-16(17)22/h5-6,9-11,22H,3-4,7-8H2,1-2H3. The zero-order valence-corrected chi connectivity index (χ0v) is 22.2. The third-order valence-corrected chi connectivity index (χ3v) is 7.87. The van der Waals surface area contributed by atoms with E-state index < -0.39 is 7.60 Å². The number of hydrogen-bond acceptors (Lipinski definition) is 5. The maximum Gasteiger partial charge on any atom is 0.330 e. The number of phenols is 1. The SMILES string of the molecule is CCOP(=O)(CCc1cc(I)c(Oc2ccc(I)cc2O)c(I)c1)OCC. The van der Waals surface area contributed by atoms with E-state index in [2.05, 4.69) is 67.8 Å². The smallest absolute Gasteiger partial charge is 0.330 e. The zero-order valence-electron chi connectivity index (χ0n) is 14.9. The summed E-state index contributed by atoms with van der Waals surface area (Å²) >= 11 is 6.55. The molecule has 0 spiro atoms. The molecule has 0 bridgehead atoms. The average Bonchev–Trinajstić information content (AvgIpc) is 2.58. The van der Waals surface area contributed by atoms with Crippen LogP contribution >= 0.6 is 75.4 Å². The highest BCUT2D eigenvalue weighted by atomic mass is 127. The van der Waals surface area contributed by atoms with Gasteiger partial charge in [0, 0.05) is 3.57 Å². The molecule has 0 amide bonds. The summed E-state index contributed by atoms with van der Waals surface area (Å²) in [7, 11) is -3.06. The highest BCUT2D eigenvalue weighted by molar-refractivity contribution is 14.1. The molecule has 2 aromatic carbocycles. The van der Waals surface area contributed by atoms with E-state index >= 15 is 0 Å². The van der Waals surface area contributed by atoms with Gasteiger partial charge in [-0.05, 0) is 124 Å². The van der Waals surface area contributed by atoms with Gasteiger partial charge in [0.15, 0.2) is 17.2 Å². The molecule has 0 radical (unpaired) electrons. The minimum atomic E-state index is -3.06. The molecule has 0 aliphatic rings. The van der Waals surface area contributed by atoms with E-state index in [1.807, 2.05) is 32.0 Å². The summed E-state index contributed by atoms with van der Waals surface area (Å²) in [4.78, 5) is 0. The summed E-state index contributed by atoms with van der Waals surface area (Å²) in [6.07, 6.45) is 0.914. The van der Waals surface area contributed by atoms with Gasteiger partial charge in [0.1, 0.15) is 0 Å². The third kappa shape index (κ3) is 6.98. The van der Waals surface area contributed by atoms with E-state index in [1.54, 1.807) is 12.1 Å². The number of phenolic OH excluding ortho intramolecular Hbond substituents is 1. The first-order valence-corrected chi connectivity index (χ1v) is 13.3. The van der Waals surface area contributed by atoms with E-state index in [9.17, 15) is 9.67 Å². The Bertz CT molecular complexity index is 811. The van der Waals surface area contributed by atoms with Crippen LogP contribution in [0.3, 0.4) is 0 Å². The Morgan fingerprint density at radius 2 is 1.59 bits per heavy atom. The molecule has 0 saturated carbocycles. The highest BCUT2D eigenvalue weighted by Crippen LogP contribution is 2.48. The van der Waals surface area contributed by atoms with Gasteiger partial charge in [-0.15, -0.1) is 0 Å². The van der Waals surface area contributed by atoms with Crippen molar-refractivity contribution < 1.29 is 23.5 Å². The molecule has 148 valence electrons. The van der Waals surface area contributed by atoms with E-state index in [0.717, 1.165) is 16.3 Å². The lowest BCUT2D eigenvalue weighted by molar-refractivity contribution is 0.220. The normalized spacial score (nSPS) is 11.6. The van der Waals surface area contributed by atoms with Gasteiger partial charge in [-0.2, -0.15) is 0 Å². The number of halogens is 3. The molecular formula is C18H20I3O5P. The summed E-state index contributed by atoms with van der Waals surface area (Å²) in [6.45, 7) is 4.34. The van der Waals surface area contributed by atoms with E-state index in [-0.39, 0.29) is 5.75 Å². The zero-order chi connectivity index (χ0) is 20.0. The Morgan fingerprint density at radius 1 is 1.00 bits per heavy atom. The van der Waals surface area contributed by atoms with Crippen molar-refractivity contribution in [3.8, 4) is 17.2 Å². The van der Waals surface area contributed by atoms with Gasteiger partial charge in [-0.3, -0.25) is 4.57 Å². The third-order valence-electron chi connectivity index (χ3n) is 3.52. The molecule has 2 rings (SSSR count). The van der Waals surface area contributed by atoms with Gasteiger partial charge in [0.2, 0.25) is 0 Å². The number of ether oxygens (including phenoxy) is 1. The van der Waals surface area contributed by atoms with E-state index in [4.69, 9.17) is 13.8 Å². The Morgan fingerprint density at radius 3 is 2.11 bits per heavy atom. The quantitative estimate of drug-likeness (QED) is 0.227. The van der Waals surface area contributed by atoms with Crippen LogP contribution in [0.25, 0.3) is 0 Å². The van der Waals surface area contributed by atoms with Crippen molar-refractivity contribution in [1.82, 2.24) is 0 Å². The maximum atomic E-state index is 12.6. The van der Waals surface area contributed by atoms with E-state index in [0.29, 0.717) is 37.3 Å². The van der Waals surface area contributed by atoms with Crippen molar-refractivity contribution in [3.63, 3.8) is 0 Å². The Balaban J connectivity index is 2.17. The number of aryl methyl sites for hydroxylation is 1. The van der Waals surface area contributed by atoms with Gasteiger partial charge in [-0.25, -0.2) is 0 Å². The van der Waals surface area contributed by atoms with Crippen molar-refractivity contribution in [1.29, 1.82) is 0 Å². The molecule has 27 heavy (non-hydrogen) atoms. The molecule has 0 atom stereocenters. The van der Waals surface area contributed by atoms with Gasteiger partial charge in [-0.1, -0.05) is 0 Å². The van der Waals surface area contributed by atoms with Crippen LogP contribution < -0.4 is 4.74 Å². The van der Waals surface area contributed by atoms with Crippen molar-refractivity contribution >= 4 is 75.4 Å². The fourth-order valence-electron chi connectivity index (χ4n) is 2.37. The monoisotopic (exact) mass is 728 g/mol. The van der Waals surface area contributed by atoms with Crippen LogP contribution in [0, 0.1) is 10.7 Å². The number of hydrogen-bond donors (Lipinski definition) is 1. The molecule has 0 aromatic heterocycles. The Kier molecular flexibility index (Phi) is 9.60. The molecule has 0 aliphatic carbocycles. The molecule has 0 heterocycles. The first-order chi connectivity index (χ1) is 12.8. The minimum absolute atomic E-state index is 0.104. The second-order valence-corrected chi connectivity index (χ2v) is 11.3. The van der Waals surface area contributed by atoms with Crippen molar-refractivity contribution in [3.05, 3.63) is 46.6 Å². The molecule has 1 N–H and O–H groups in total. The van der Waals surface area contributed by atoms with Crippen LogP contribution in [0.2, 0.25) is 0 Å². The first-order valence-electron chi connectivity index (χ1n) is 8.30. The first kappa shape index (κ1) is 23.7. The van der Waals surface area contributed by atoms with Crippen LogP contribution in [0.4, 0.5) is 0 Å². The van der Waals surface area contributed by atoms with Crippen LogP contribution in [0.15, 0.2) is 30.3 Å². The highest BCUT2D eigenvalue weighted by Gasteiger charge is 2.23. The van der Waals surface area contributed by atoms with Crippen LogP contribution in [0.1, 0.15) is 19.4 Å². The van der Waals surface area contributed by atoms with Crippen LogP contribution in [-0.4, -0.2) is 24.5 Å². The van der Waals surface area contributed by atoms with Crippen molar-refractivity contribution in [2.75, 3.05) is 19.4 Å². The number of rotatable bonds is 9. The molecule has 9 heteroatoms. The molecule has 0 aliphatic heterocycles. The minimum Gasteiger partial charge on any atom is -0.504 e. The van der Waals surface area contributed by atoms with Gasteiger partial charge in [0.05, 0.1) is 26.5 Å². The second-order valence-electron chi connectivity index (χ2n) is 5.52. The lowest BCUT2D eigenvalue weighted by Gasteiger charge is -2.17. The largest absolute Gasteiger partial charge is 0.504 e. The maximum absolute atomic E-state index is 12.6. The average molecular weight is 728 g/mol. The lowest BCUT2D eigenvalue weighted by atomic mass is 10.2. The van der Waals surface area contributed by atoms with Crippen molar-refractivity contribution in [2.45, 2.75) is 20.3 Å². The summed E-state index contributed by atoms with van der Waals surface area (Å²) in [5.74, 6) is 1.21. The molecule has 0 saturated heterocycles. The molecule has 2 aromatic rings. The molecular weight excluding hydrogens is 708 g/mol. The Labute approximate surface area is 200 Å². The summed E-state index contributed by atoms with van der Waals surface area (Å²) < 4.78 is 32.0. The predicted octanol–water partition coefficient (Wildman–Crippen LogP) is 6.81. The van der Waals surface area contributed by atoms with Crippen molar-refractivity contribution in [2.24, 2.45) is 0 Å². The lowest BCUT2D eigenvalue weighted by Crippen LogP contribution is -2.03. The summed E-state index contributed by atoms with van der Waals surface area (Å²) in [6, 6.07) is 9.26. The number of benzene rings is 2. The van der Waals surface area contributed by atoms with Gasteiger partial charge < -0.3 is 18.9 Å². The Hall–Kier alpha value is 0.380. The topological polar surface area (TPSA) is 65.0 Å². The van der Waals surface area contributed by atoms with Gasteiger partial charge >= 0.3 is 7.60 Å². The predicted molar refractivity (Wildman–Crippen MR) is 132 cm³/mol. The summed E-state index contributed by atoms with van der Waals surface area (Å²) in [5, 5.41) is 10.1. The summed E-state index contributed by atoms with van der Waals surface area (Å²) in [5.41, 5.74) is 1.03. The molecule has 0 fully saturated rings. The second kappa shape index (κ2) is 11.0. The van der Waals surface area contributed by atoms with Crippen LogP contribution in [0.5, 0.6) is 17.2 Å². The molecule has 5 nitrogen and oxygen atoms in total. The fourth-order valence-corrected chi connectivity index (χ4v) is 6.61. The van der Waals surface area contributed by atoms with Gasteiger partial charge in [0.25, 0.3) is 0 Å². The van der Waals surface area contributed by atoms with Crippen LogP contribution in [-0.2, 0) is 20.0 Å².